The summed E-state index contributed by atoms with van der Waals surface area (Å²) in [4.78, 5) is 2.31. The molecule has 0 amide bonds. The van der Waals surface area contributed by atoms with Gasteiger partial charge in [0.25, 0.3) is 0 Å². The molecule has 3 heteroatoms. The van der Waals surface area contributed by atoms with Gasteiger partial charge in [-0.15, -0.1) is 11.8 Å². The predicted octanol–water partition coefficient (Wildman–Crippen LogP) is 1.03. The molecule has 2 atom stereocenters. The molecule has 0 bridgehead atoms. The molecule has 0 aliphatic carbocycles. The van der Waals surface area contributed by atoms with Gasteiger partial charge in [-0.3, -0.25) is 0 Å². The molecule has 60 valence electrons. The molecule has 0 spiro atoms. The largest absolute Gasteiger partial charge is 0.362 e. The van der Waals surface area contributed by atoms with Crippen molar-refractivity contribution >= 4 is 11.8 Å². The second-order valence-electron chi connectivity index (χ2n) is 2.83. The van der Waals surface area contributed by atoms with Gasteiger partial charge in [-0.1, -0.05) is 0 Å². The van der Waals surface area contributed by atoms with Gasteiger partial charge < -0.3 is 9.64 Å². The first kappa shape index (κ1) is 8.37. The van der Waals surface area contributed by atoms with Crippen LogP contribution in [0.5, 0.6) is 0 Å². The Balaban J connectivity index is 2.35. The van der Waals surface area contributed by atoms with E-state index in [1.54, 1.807) is 11.8 Å². The van der Waals surface area contributed by atoms with Gasteiger partial charge in [0.2, 0.25) is 0 Å². The van der Waals surface area contributed by atoms with E-state index in [9.17, 15) is 0 Å². The summed E-state index contributed by atoms with van der Waals surface area (Å²) in [5.74, 6) is 0. The first-order valence-electron chi connectivity index (χ1n) is 3.59. The van der Waals surface area contributed by atoms with Crippen molar-refractivity contribution in [2.75, 3.05) is 26.4 Å². The van der Waals surface area contributed by atoms with Gasteiger partial charge in [-0.2, -0.15) is 0 Å². The summed E-state index contributed by atoms with van der Waals surface area (Å²) < 4.78 is 5.63. The maximum atomic E-state index is 5.63. The first-order valence-corrected chi connectivity index (χ1v) is 4.88. The summed E-state index contributed by atoms with van der Waals surface area (Å²) in [6.45, 7) is 4.25. The van der Waals surface area contributed by atoms with E-state index in [4.69, 9.17) is 4.74 Å². The molecular formula is C7H15NOS. The lowest BCUT2D eigenvalue weighted by atomic mass is 10.3. The number of rotatable bonds is 1. The minimum Gasteiger partial charge on any atom is -0.362 e. The van der Waals surface area contributed by atoms with Crippen molar-refractivity contribution in [1.29, 1.82) is 0 Å². The Bertz CT molecular complexity index is 99.8. The van der Waals surface area contributed by atoms with Crippen LogP contribution in [0.1, 0.15) is 6.92 Å². The minimum atomic E-state index is 0.383. The Hall–Kier alpha value is 0.270. The highest BCUT2D eigenvalue weighted by molar-refractivity contribution is 7.99. The monoisotopic (exact) mass is 161 g/mol. The smallest absolute Gasteiger partial charge is 0.116 e. The van der Waals surface area contributed by atoms with Crippen molar-refractivity contribution in [3.05, 3.63) is 0 Å². The van der Waals surface area contributed by atoms with Crippen molar-refractivity contribution in [3.63, 3.8) is 0 Å². The van der Waals surface area contributed by atoms with Crippen LogP contribution >= 0.6 is 11.8 Å². The SMILES string of the molecule is CSC1CN(C)CC(C)O1. The van der Waals surface area contributed by atoms with E-state index in [-0.39, 0.29) is 0 Å². The second-order valence-corrected chi connectivity index (χ2v) is 3.83. The molecule has 2 unspecified atom stereocenters. The molecule has 1 heterocycles. The summed E-state index contributed by atoms with van der Waals surface area (Å²) in [6.07, 6.45) is 2.49. The van der Waals surface area contributed by atoms with Gasteiger partial charge in [0.15, 0.2) is 0 Å². The van der Waals surface area contributed by atoms with Gasteiger partial charge in [0, 0.05) is 13.1 Å². The molecule has 0 N–H and O–H groups in total. The van der Waals surface area contributed by atoms with E-state index < -0.39 is 0 Å². The molecule has 2 nitrogen and oxygen atoms in total. The predicted molar refractivity (Wildman–Crippen MR) is 45.3 cm³/mol. The van der Waals surface area contributed by atoms with Crippen LogP contribution in [0, 0.1) is 0 Å². The van der Waals surface area contributed by atoms with Crippen LogP contribution in [0.25, 0.3) is 0 Å². The average Bonchev–Trinajstić information content (AvgIpc) is 1.85. The standard InChI is InChI=1S/C7H15NOS/c1-6-4-8(2)5-7(9-6)10-3/h6-7H,4-5H2,1-3H3. The summed E-state index contributed by atoms with van der Waals surface area (Å²) in [5, 5.41) is 0. The third kappa shape index (κ3) is 2.15. The third-order valence-corrected chi connectivity index (χ3v) is 2.46. The Kier molecular flexibility index (Phi) is 3.01. The van der Waals surface area contributed by atoms with E-state index in [2.05, 4.69) is 25.1 Å². The highest BCUT2D eigenvalue weighted by Crippen LogP contribution is 2.16. The van der Waals surface area contributed by atoms with E-state index >= 15 is 0 Å². The normalized spacial score (nSPS) is 36.3. The van der Waals surface area contributed by atoms with Crippen LogP contribution in [0.15, 0.2) is 0 Å². The number of hydrogen-bond donors (Lipinski definition) is 0. The van der Waals surface area contributed by atoms with Crippen LogP contribution in [0.3, 0.4) is 0 Å². The fourth-order valence-electron chi connectivity index (χ4n) is 1.24. The van der Waals surface area contributed by atoms with Crippen molar-refractivity contribution in [2.45, 2.75) is 18.5 Å². The molecule has 0 aromatic rings. The number of ether oxygens (including phenoxy) is 1. The number of nitrogens with zero attached hydrogens (tertiary/aromatic N) is 1. The van der Waals surface area contributed by atoms with Crippen LogP contribution in [-0.2, 0) is 4.74 Å². The molecule has 1 saturated heterocycles. The van der Waals surface area contributed by atoms with Gasteiger partial charge in [0.05, 0.1) is 6.10 Å². The average molecular weight is 161 g/mol. The Morgan fingerprint density at radius 2 is 2.20 bits per heavy atom. The lowest BCUT2D eigenvalue weighted by Crippen LogP contribution is -2.42. The van der Waals surface area contributed by atoms with Crippen molar-refractivity contribution in [1.82, 2.24) is 4.90 Å². The fraction of sp³-hybridized carbons (Fsp3) is 1.00. The van der Waals surface area contributed by atoms with Crippen LogP contribution in [-0.4, -0.2) is 42.8 Å². The van der Waals surface area contributed by atoms with Crippen LogP contribution in [0.4, 0.5) is 0 Å². The Morgan fingerprint density at radius 1 is 1.50 bits per heavy atom. The lowest BCUT2D eigenvalue weighted by Gasteiger charge is -2.33. The van der Waals surface area contributed by atoms with E-state index in [0.29, 0.717) is 11.5 Å². The fourth-order valence-corrected chi connectivity index (χ4v) is 1.95. The second kappa shape index (κ2) is 3.60. The molecule has 0 aromatic carbocycles. The highest BCUT2D eigenvalue weighted by atomic mass is 32.2. The van der Waals surface area contributed by atoms with E-state index in [1.807, 2.05) is 0 Å². The molecule has 0 saturated carbocycles. The first-order chi connectivity index (χ1) is 4.72. The maximum Gasteiger partial charge on any atom is 0.116 e. The molecule has 1 rings (SSSR count). The van der Waals surface area contributed by atoms with Crippen LogP contribution < -0.4 is 0 Å². The topological polar surface area (TPSA) is 12.5 Å². The molecule has 0 radical (unpaired) electrons. The zero-order valence-electron chi connectivity index (χ0n) is 6.83. The van der Waals surface area contributed by atoms with Gasteiger partial charge in [-0.05, 0) is 20.2 Å². The molecule has 10 heavy (non-hydrogen) atoms. The lowest BCUT2D eigenvalue weighted by molar-refractivity contribution is -0.0268. The van der Waals surface area contributed by atoms with E-state index in [1.165, 1.54) is 0 Å². The number of likely N-dealkylation sites (N-methyl/N-ethyl adjacent to an activating group) is 1. The zero-order valence-corrected chi connectivity index (χ0v) is 7.65. The number of thioether (sulfide) groups is 1. The molecular weight excluding hydrogens is 146 g/mol. The van der Waals surface area contributed by atoms with Gasteiger partial charge in [-0.25, -0.2) is 0 Å². The van der Waals surface area contributed by atoms with Crippen molar-refractivity contribution < 1.29 is 4.74 Å². The molecule has 1 aliphatic rings. The van der Waals surface area contributed by atoms with Gasteiger partial charge in [0.1, 0.15) is 5.44 Å². The third-order valence-electron chi connectivity index (χ3n) is 1.68. The van der Waals surface area contributed by atoms with E-state index in [0.717, 1.165) is 13.1 Å². The van der Waals surface area contributed by atoms with Crippen LogP contribution in [0.2, 0.25) is 0 Å². The summed E-state index contributed by atoms with van der Waals surface area (Å²) in [5.41, 5.74) is 0.383. The molecule has 0 aromatic heterocycles. The van der Waals surface area contributed by atoms with Crippen molar-refractivity contribution in [2.24, 2.45) is 0 Å². The summed E-state index contributed by atoms with van der Waals surface area (Å²) in [7, 11) is 2.14. The van der Waals surface area contributed by atoms with Crippen molar-refractivity contribution in [3.8, 4) is 0 Å². The number of hydrogen-bond acceptors (Lipinski definition) is 3. The Labute approximate surface area is 66.9 Å². The maximum absolute atomic E-state index is 5.63. The highest BCUT2D eigenvalue weighted by Gasteiger charge is 2.21. The molecule has 1 fully saturated rings. The Morgan fingerprint density at radius 3 is 2.70 bits per heavy atom. The minimum absolute atomic E-state index is 0.383. The summed E-state index contributed by atoms with van der Waals surface area (Å²) >= 11 is 1.79. The van der Waals surface area contributed by atoms with Gasteiger partial charge >= 0.3 is 0 Å². The molecule has 1 aliphatic heterocycles. The quantitative estimate of drug-likeness (QED) is 0.570. The zero-order chi connectivity index (χ0) is 7.56. The number of morpholine rings is 1. The summed E-state index contributed by atoms with van der Waals surface area (Å²) in [6, 6.07) is 0.